The Morgan fingerprint density at radius 3 is 1.81 bits per heavy atom. The van der Waals surface area contributed by atoms with Gasteiger partial charge < -0.3 is 9.53 Å². The van der Waals surface area contributed by atoms with Crippen LogP contribution >= 0.6 is 0 Å². The Morgan fingerprint density at radius 2 is 1.34 bits per heavy atom. The van der Waals surface area contributed by atoms with Crippen molar-refractivity contribution in [3.63, 3.8) is 0 Å². The van der Waals surface area contributed by atoms with E-state index < -0.39 is 14.1 Å². The third-order valence-electron chi connectivity index (χ3n) is 5.64. The van der Waals surface area contributed by atoms with Crippen LogP contribution in [0.15, 0.2) is 97.2 Å². The fourth-order valence-electron chi connectivity index (χ4n) is 4.15. The monoisotopic (exact) mass is 443 g/mol. The first-order valence-electron chi connectivity index (χ1n) is 10.6. The number of hydrogen-bond donors (Lipinski definition) is 1. The summed E-state index contributed by atoms with van der Waals surface area (Å²) in [5, 5.41) is 11.7. The summed E-state index contributed by atoms with van der Waals surface area (Å²) in [5.41, 5.74) is 0.817. The fraction of sp³-hybridized carbons (Fsp3) is 0.148. The molecule has 3 nitrogen and oxygen atoms in total. The van der Waals surface area contributed by atoms with Crippen molar-refractivity contribution >= 4 is 18.7 Å². The second-order valence-corrected chi connectivity index (χ2v) is 13.0. The smallest absolute Gasteiger partial charge is 0.319 e. The van der Waals surface area contributed by atoms with Gasteiger partial charge in [-0.15, -0.1) is 0 Å². The zero-order valence-electron chi connectivity index (χ0n) is 18.4. The van der Waals surface area contributed by atoms with Crippen LogP contribution < -0.4 is 14.8 Å². The molecule has 1 aromatic heterocycles. The van der Waals surface area contributed by atoms with E-state index in [4.69, 9.17) is 4.43 Å². The summed E-state index contributed by atoms with van der Waals surface area (Å²) < 4.78 is 21.2. The van der Waals surface area contributed by atoms with Crippen LogP contribution in [0.4, 0.5) is 4.39 Å². The van der Waals surface area contributed by atoms with Gasteiger partial charge in [-0.05, 0) is 39.7 Å². The highest BCUT2D eigenvalue weighted by molar-refractivity contribution is 7.00. The molecule has 0 unspecified atom stereocenters. The molecule has 32 heavy (non-hydrogen) atoms. The maximum atomic E-state index is 14.3. The molecular formula is C27H26FNO2Si. The van der Waals surface area contributed by atoms with Gasteiger partial charge in [-0.1, -0.05) is 81.4 Å². The standard InChI is InChI=1S/C27H26FNO2Si/c1-27(2,3)32(23-10-6-4-7-11-23,24-12-8-5-9-13-24)31-22-16-14-20(15-17-22)26-25(28)18-21(30)19-29-26/h4-19,30H,1-3H3. The lowest BCUT2D eigenvalue weighted by Gasteiger charge is -2.43. The van der Waals surface area contributed by atoms with E-state index in [1.165, 1.54) is 16.6 Å². The molecule has 3 aromatic carbocycles. The van der Waals surface area contributed by atoms with Crippen LogP contribution in [0.25, 0.3) is 11.3 Å². The molecule has 1 heterocycles. The Morgan fingerprint density at radius 1 is 0.812 bits per heavy atom. The molecule has 4 aromatic rings. The summed E-state index contributed by atoms with van der Waals surface area (Å²) >= 11 is 0. The molecule has 0 bridgehead atoms. The van der Waals surface area contributed by atoms with Gasteiger partial charge in [-0.2, -0.15) is 0 Å². The van der Waals surface area contributed by atoms with Gasteiger partial charge in [0.2, 0.25) is 0 Å². The van der Waals surface area contributed by atoms with E-state index >= 15 is 0 Å². The molecular weight excluding hydrogens is 417 g/mol. The SMILES string of the molecule is CC(C)(C)[Si](Oc1ccc(-c2ncc(O)cc2F)cc1)(c1ccccc1)c1ccccc1. The highest BCUT2D eigenvalue weighted by atomic mass is 28.4. The van der Waals surface area contributed by atoms with Crippen molar-refractivity contribution in [3.8, 4) is 22.8 Å². The summed E-state index contributed by atoms with van der Waals surface area (Å²) in [4.78, 5) is 4.03. The summed E-state index contributed by atoms with van der Waals surface area (Å²) in [5.74, 6) is -0.0363. The van der Waals surface area contributed by atoms with E-state index in [0.29, 0.717) is 5.56 Å². The summed E-state index contributed by atoms with van der Waals surface area (Å²) in [6.07, 6.45) is 1.24. The van der Waals surface area contributed by atoms with Crippen LogP contribution in [0, 0.1) is 5.82 Å². The highest BCUT2D eigenvalue weighted by Gasteiger charge is 2.52. The molecule has 162 valence electrons. The molecule has 0 amide bonds. The molecule has 0 fully saturated rings. The zero-order valence-corrected chi connectivity index (χ0v) is 19.4. The minimum absolute atomic E-state index is 0.154. The second-order valence-electron chi connectivity index (χ2n) is 8.81. The Balaban J connectivity index is 1.80. The van der Waals surface area contributed by atoms with Gasteiger partial charge in [-0.3, -0.25) is 0 Å². The quantitative estimate of drug-likeness (QED) is 0.412. The van der Waals surface area contributed by atoms with Crippen molar-refractivity contribution in [2.24, 2.45) is 0 Å². The largest absolute Gasteiger partial charge is 0.534 e. The number of aromatic nitrogens is 1. The van der Waals surface area contributed by atoms with Crippen molar-refractivity contribution in [1.82, 2.24) is 4.98 Å². The molecule has 0 saturated heterocycles. The average Bonchev–Trinajstić information content (AvgIpc) is 2.78. The van der Waals surface area contributed by atoms with Crippen molar-refractivity contribution in [1.29, 1.82) is 0 Å². The molecule has 0 atom stereocenters. The van der Waals surface area contributed by atoms with Gasteiger partial charge in [0.15, 0.2) is 5.82 Å². The van der Waals surface area contributed by atoms with Crippen LogP contribution in [0.2, 0.25) is 5.04 Å². The lowest BCUT2D eigenvalue weighted by molar-refractivity contribution is 0.466. The van der Waals surface area contributed by atoms with E-state index in [2.05, 4.69) is 74.3 Å². The predicted molar refractivity (Wildman–Crippen MR) is 130 cm³/mol. The Labute approximate surface area is 189 Å². The maximum Gasteiger partial charge on any atom is 0.319 e. The molecule has 5 heteroatoms. The van der Waals surface area contributed by atoms with Crippen LogP contribution in [0.3, 0.4) is 0 Å². The molecule has 0 spiro atoms. The molecule has 0 aliphatic heterocycles. The van der Waals surface area contributed by atoms with E-state index in [1.807, 2.05) is 24.3 Å². The van der Waals surface area contributed by atoms with E-state index in [9.17, 15) is 9.50 Å². The normalized spacial score (nSPS) is 11.9. The van der Waals surface area contributed by atoms with Crippen molar-refractivity contribution < 1.29 is 13.9 Å². The average molecular weight is 444 g/mol. The summed E-state index contributed by atoms with van der Waals surface area (Å²) in [6.45, 7) is 6.68. The molecule has 0 aliphatic carbocycles. The van der Waals surface area contributed by atoms with Crippen LogP contribution in [-0.2, 0) is 0 Å². The van der Waals surface area contributed by atoms with Gasteiger partial charge in [0, 0.05) is 11.6 Å². The third-order valence-corrected chi connectivity index (χ3v) is 10.6. The van der Waals surface area contributed by atoms with Crippen LogP contribution in [-0.4, -0.2) is 18.4 Å². The number of hydrogen-bond acceptors (Lipinski definition) is 3. The van der Waals surface area contributed by atoms with Crippen molar-refractivity contribution in [3.05, 3.63) is 103 Å². The maximum absolute atomic E-state index is 14.3. The Hall–Kier alpha value is -3.44. The lowest BCUT2D eigenvalue weighted by atomic mass is 10.1. The minimum atomic E-state index is -2.73. The molecule has 0 saturated carbocycles. The molecule has 0 radical (unpaired) electrons. The summed E-state index contributed by atoms with van der Waals surface area (Å²) in [6, 6.07) is 29.2. The van der Waals surface area contributed by atoms with Gasteiger partial charge in [0.1, 0.15) is 17.2 Å². The van der Waals surface area contributed by atoms with E-state index in [1.54, 1.807) is 12.1 Å². The number of nitrogens with zero attached hydrogens (tertiary/aromatic N) is 1. The first-order chi connectivity index (χ1) is 15.3. The number of benzene rings is 3. The van der Waals surface area contributed by atoms with Crippen LogP contribution in [0.1, 0.15) is 20.8 Å². The number of halogens is 1. The first-order valence-corrected chi connectivity index (χ1v) is 12.5. The zero-order chi connectivity index (χ0) is 22.8. The predicted octanol–water partition coefficient (Wildman–Crippen LogP) is 5.53. The van der Waals surface area contributed by atoms with E-state index in [0.717, 1.165) is 11.8 Å². The summed E-state index contributed by atoms with van der Waals surface area (Å²) in [7, 11) is -2.73. The fourth-order valence-corrected chi connectivity index (χ4v) is 8.57. The third kappa shape index (κ3) is 4.04. The van der Waals surface area contributed by atoms with Crippen molar-refractivity contribution in [2.75, 3.05) is 0 Å². The lowest BCUT2D eigenvalue weighted by Crippen LogP contribution is -2.68. The highest BCUT2D eigenvalue weighted by Crippen LogP contribution is 2.38. The molecule has 4 rings (SSSR count). The first kappa shape index (κ1) is 21.8. The number of pyridine rings is 1. The van der Waals surface area contributed by atoms with Gasteiger partial charge >= 0.3 is 8.32 Å². The van der Waals surface area contributed by atoms with Crippen LogP contribution in [0.5, 0.6) is 11.5 Å². The minimum Gasteiger partial charge on any atom is -0.534 e. The Kier molecular flexibility index (Phi) is 5.85. The number of rotatable bonds is 5. The van der Waals surface area contributed by atoms with Gasteiger partial charge in [0.05, 0.1) is 6.20 Å². The van der Waals surface area contributed by atoms with Gasteiger partial charge in [0.25, 0.3) is 0 Å². The number of aromatic hydroxyl groups is 1. The van der Waals surface area contributed by atoms with Gasteiger partial charge in [-0.25, -0.2) is 9.37 Å². The topological polar surface area (TPSA) is 42.4 Å². The second kappa shape index (κ2) is 8.59. The molecule has 0 aliphatic rings. The van der Waals surface area contributed by atoms with E-state index in [-0.39, 0.29) is 16.5 Å². The van der Waals surface area contributed by atoms with Crippen molar-refractivity contribution in [2.45, 2.75) is 25.8 Å². The molecule has 1 N–H and O–H groups in total. The Bertz CT molecular complexity index is 1150.